The zero-order valence-corrected chi connectivity index (χ0v) is 28.4. The van der Waals surface area contributed by atoms with E-state index in [9.17, 15) is 9.50 Å². The normalized spacial score (nSPS) is 33.1. The van der Waals surface area contributed by atoms with Gasteiger partial charge in [0.1, 0.15) is 35.2 Å². The third kappa shape index (κ3) is 3.95. The van der Waals surface area contributed by atoms with Gasteiger partial charge >= 0.3 is 6.01 Å². The molecule has 1 spiro atoms. The lowest BCUT2D eigenvalue weighted by Gasteiger charge is -2.77. The van der Waals surface area contributed by atoms with Gasteiger partial charge in [-0.15, -0.1) is 6.42 Å². The summed E-state index contributed by atoms with van der Waals surface area (Å²) in [5.74, 6) is 3.19. The van der Waals surface area contributed by atoms with Gasteiger partial charge in [-0.2, -0.15) is 9.97 Å². The van der Waals surface area contributed by atoms with Crippen molar-refractivity contribution in [2.75, 3.05) is 45.2 Å². The molecule has 3 N–H and O–H groups in total. The van der Waals surface area contributed by atoms with Crippen LogP contribution in [0.2, 0.25) is 0 Å². The summed E-state index contributed by atoms with van der Waals surface area (Å²) >= 11 is 0. The second-order valence-electron chi connectivity index (χ2n) is 16.0. The van der Waals surface area contributed by atoms with Gasteiger partial charge in [-0.25, -0.2) is 8.78 Å². The van der Waals surface area contributed by atoms with E-state index in [4.69, 9.17) is 16.1 Å². The standard InChI is InChI=1S/C39H41F2N7O2/c1-4-27-30(40)8-5-21-11-26(49)12-28(31(21)27)33-32(41)34-29(17-43-33)35(48-18-24-6-7-25(19-48)44-24)46-36(45-34)50-10-9-47(3)38-15-22-13-37(42-2)14-23(16-38)39(22,38)20-37/h1,5,8,11-12,17,22-25,42,44,49H,6-7,9-10,13-16,18-20H2,2-3H3. The lowest BCUT2D eigenvalue weighted by atomic mass is 9.33. The molecule has 50 heavy (non-hydrogen) atoms. The zero-order valence-electron chi connectivity index (χ0n) is 28.4. The van der Waals surface area contributed by atoms with Crippen LogP contribution in [0.15, 0.2) is 30.5 Å². The van der Waals surface area contributed by atoms with Crippen molar-refractivity contribution in [1.82, 2.24) is 30.5 Å². The molecular weight excluding hydrogens is 636 g/mol. The Kier molecular flexibility index (Phi) is 6.43. The van der Waals surface area contributed by atoms with E-state index in [1.165, 1.54) is 56.4 Å². The number of likely N-dealkylation sites (N-methyl/N-ethyl adjacent to an activating group) is 1. The number of aromatic hydroxyl groups is 1. The van der Waals surface area contributed by atoms with Gasteiger partial charge in [0.2, 0.25) is 0 Å². The van der Waals surface area contributed by atoms with Crippen LogP contribution >= 0.6 is 0 Å². The van der Waals surface area contributed by atoms with Crippen molar-refractivity contribution >= 4 is 27.5 Å². The minimum Gasteiger partial charge on any atom is -0.508 e. The van der Waals surface area contributed by atoms with Crippen LogP contribution in [-0.4, -0.2) is 88.5 Å². The molecule has 4 atom stereocenters. The number of nitrogens with one attached hydrogen (secondary N) is 2. The van der Waals surface area contributed by atoms with Crippen molar-refractivity contribution in [1.29, 1.82) is 0 Å². The van der Waals surface area contributed by atoms with Crippen molar-refractivity contribution in [3.63, 3.8) is 0 Å². The number of pyridine rings is 1. The highest BCUT2D eigenvalue weighted by atomic mass is 19.1. The SMILES string of the molecule is C#Cc1c(F)ccc2cc(O)cc(-c3ncc4c(N5CC6CCC(C5)N6)nc(OCCN(C)C56CC7CC8(NC)CC(C5)C76C8)nc4c3F)c12. The Morgan fingerprint density at radius 3 is 2.60 bits per heavy atom. The van der Waals surface area contributed by atoms with Crippen LogP contribution in [-0.2, 0) is 0 Å². The Morgan fingerprint density at radius 2 is 1.88 bits per heavy atom. The smallest absolute Gasteiger partial charge is 0.319 e. The Bertz CT molecular complexity index is 2120. The van der Waals surface area contributed by atoms with Crippen LogP contribution in [0.4, 0.5) is 14.6 Å². The molecule has 4 bridgehead atoms. The number of hydrogen-bond acceptors (Lipinski definition) is 9. The molecule has 2 aliphatic heterocycles. The molecule has 4 saturated carbocycles. The molecule has 0 amide bonds. The number of terminal acetylenes is 1. The zero-order chi connectivity index (χ0) is 34.2. The Balaban J connectivity index is 1.00. The van der Waals surface area contributed by atoms with Crippen LogP contribution in [0.3, 0.4) is 0 Å². The number of benzene rings is 2. The Morgan fingerprint density at radius 1 is 1.12 bits per heavy atom. The highest BCUT2D eigenvalue weighted by Crippen LogP contribution is 2.84. The maximum absolute atomic E-state index is 16.9. The number of phenols is 1. The predicted molar refractivity (Wildman–Crippen MR) is 187 cm³/mol. The first-order valence-electron chi connectivity index (χ1n) is 18.0. The van der Waals surface area contributed by atoms with Crippen molar-refractivity contribution in [3.8, 4) is 35.4 Å². The summed E-state index contributed by atoms with van der Waals surface area (Å²) in [6.07, 6.45) is 15.8. The molecule has 2 aromatic carbocycles. The van der Waals surface area contributed by atoms with Crippen molar-refractivity contribution in [2.45, 2.75) is 68.1 Å². The molecule has 4 unspecified atom stereocenters. The fraction of sp³-hybridized carbons (Fsp3) is 0.513. The number of piperazine rings is 1. The molecule has 258 valence electrons. The number of ether oxygens (including phenoxy) is 1. The van der Waals surface area contributed by atoms with Crippen LogP contribution < -0.4 is 20.3 Å². The summed E-state index contributed by atoms with van der Waals surface area (Å²) < 4.78 is 38.1. The Labute approximate surface area is 289 Å². The third-order valence-electron chi connectivity index (χ3n) is 13.9. The molecule has 4 aliphatic carbocycles. The highest BCUT2D eigenvalue weighted by molar-refractivity contribution is 6.03. The summed E-state index contributed by atoms with van der Waals surface area (Å²) in [6.45, 7) is 2.57. The van der Waals surface area contributed by atoms with Crippen LogP contribution in [0, 0.1) is 41.2 Å². The van der Waals surface area contributed by atoms with Crippen LogP contribution in [0.5, 0.6) is 11.8 Å². The summed E-state index contributed by atoms with van der Waals surface area (Å²) in [7, 11) is 4.37. The molecule has 4 aromatic rings. The fourth-order valence-corrected chi connectivity index (χ4v) is 11.9. The van der Waals surface area contributed by atoms with Gasteiger partial charge in [0.05, 0.1) is 10.9 Å². The second-order valence-corrected chi connectivity index (χ2v) is 16.0. The van der Waals surface area contributed by atoms with Gasteiger partial charge < -0.3 is 25.4 Å². The minimum absolute atomic E-state index is 0.0203. The molecule has 6 fully saturated rings. The molecule has 0 radical (unpaired) electrons. The quantitative estimate of drug-likeness (QED) is 0.223. The minimum atomic E-state index is -0.708. The van der Waals surface area contributed by atoms with E-state index in [0.717, 1.165) is 44.3 Å². The molecule has 4 heterocycles. The molecular formula is C39H41F2N7O2. The molecule has 9 nitrogen and oxygen atoms in total. The average molecular weight is 678 g/mol. The monoisotopic (exact) mass is 677 g/mol. The average Bonchev–Trinajstić information content (AvgIpc) is 3.72. The summed E-state index contributed by atoms with van der Waals surface area (Å²) in [4.78, 5) is 18.8. The van der Waals surface area contributed by atoms with Gasteiger partial charge in [-0.1, -0.05) is 12.0 Å². The van der Waals surface area contributed by atoms with Crippen LogP contribution in [0.1, 0.15) is 50.5 Å². The van der Waals surface area contributed by atoms with Gasteiger partial charge in [0, 0.05) is 59.9 Å². The van der Waals surface area contributed by atoms with Gasteiger partial charge in [0.15, 0.2) is 5.82 Å². The first-order valence-corrected chi connectivity index (χ1v) is 18.0. The largest absolute Gasteiger partial charge is 0.508 e. The number of rotatable bonds is 8. The lowest BCUT2D eigenvalue weighted by Crippen LogP contribution is -2.79. The number of halogens is 2. The van der Waals surface area contributed by atoms with E-state index in [-0.39, 0.29) is 39.6 Å². The van der Waals surface area contributed by atoms with Crippen molar-refractivity contribution < 1.29 is 18.6 Å². The number of anilines is 1. The first kappa shape index (κ1) is 30.7. The molecule has 6 aliphatic rings. The van der Waals surface area contributed by atoms with E-state index in [1.807, 2.05) is 0 Å². The second kappa shape index (κ2) is 10.5. The topological polar surface area (TPSA) is 98.7 Å². The van der Waals surface area contributed by atoms with E-state index >= 15 is 4.39 Å². The van der Waals surface area contributed by atoms with E-state index in [0.29, 0.717) is 51.6 Å². The third-order valence-corrected chi connectivity index (χ3v) is 13.9. The van der Waals surface area contributed by atoms with Gasteiger partial charge in [-0.3, -0.25) is 9.88 Å². The highest BCUT2D eigenvalue weighted by Gasteiger charge is 2.84. The summed E-state index contributed by atoms with van der Waals surface area (Å²) in [6, 6.07) is 6.37. The van der Waals surface area contributed by atoms with Crippen molar-refractivity contribution in [2.24, 2.45) is 17.3 Å². The van der Waals surface area contributed by atoms with E-state index in [1.54, 1.807) is 6.20 Å². The van der Waals surface area contributed by atoms with Gasteiger partial charge in [0.25, 0.3) is 0 Å². The Hall–Kier alpha value is -4.11. The molecule has 11 heteroatoms. The first-order chi connectivity index (χ1) is 24.2. The summed E-state index contributed by atoms with van der Waals surface area (Å²) in [5, 5.41) is 19.2. The number of nitrogens with zero attached hydrogens (tertiary/aromatic N) is 5. The van der Waals surface area contributed by atoms with E-state index in [2.05, 4.69) is 50.4 Å². The van der Waals surface area contributed by atoms with Crippen LogP contribution in [0.25, 0.3) is 32.9 Å². The lowest BCUT2D eigenvalue weighted by molar-refractivity contribution is -0.264. The molecule has 10 rings (SSSR count). The van der Waals surface area contributed by atoms with Gasteiger partial charge in [-0.05, 0) is 99.9 Å². The maximum Gasteiger partial charge on any atom is 0.319 e. The van der Waals surface area contributed by atoms with Crippen molar-refractivity contribution in [3.05, 3.63) is 47.7 Å². The number of aromatic nitrogens is 3. The molecule has 2 saturated heterocycles. The predicted octanol–water partition coefficient (Wildman–Crippen LogP) is 4.98. The van der Waals surface area contributed by atoms with E-state index < -0.39 is 11.6 Å². The number of hydrogen-bond donors (Lipinski definition) is 3. The molecule has 2 aromatic heterocycles. The number of fused-ring (bicyclic) bond motifs is 5. The maximum atomic E-state index is 16.9. The summed E-state index contributed by atoms with van der Waals surface area (Å²) in [5.41, 5.74) is 1.14. The fourth-order valence-electron chi connectivity index (χ4n) is 11.9. The number of phenolic OH excluding ortho intramolecular Hbond substituents is 1.